The first kappa shape index (κ1) is 45.3. The highest BCUT2D eigenvalue weighted by Gasteiger charge is 2.44. The lowest BCUT2D eigenvalue weighted by molar-refractivity contribution is -0.137. The summed E-state index contributed by atoms with van der Waals surface area (Å²) < 4.78 is 35.4. The van der Waals surface area contributed by atoms with Crippen LogP contribution in [-0.2, 0) is 25.7 Å². The number of imide groups is 1. The van der Waals surface area contributed by atoms with Crippen molar-refractivity contribution in [3.63, 3.8) is 0 Å². The average Bonchev–Trinajstić information content (AvgIpc) is 3.64. The van der Waals surface area contributed by atoms with Crippen LogP contribution in [0.1, 0.15) is 98.7 Å². The number of ether oxygens (including phenoxy) is 3. The smallest absolute Gasteiger partial charge is 0.293 e. The van der Waals surface area contributed by atoms with E-state index in [9.17, 15) is 24.0 Å². The third kappa shape index (κ3) is 8.89. The predicted molar refractivity (Wildman–Crippen MR) is 244 cm³/mol. The molecule has 1 atom stereocenters. The fraction of sp³-hybridized carbons (Fsp3) is 0.511. The molecule has 19 heteroatoms. The summed E-state index contributed by atoms with van der Waals surface area (Å²) in [6.45, 7) is 6.80. The summed E-state index contributed by atoms with van der Waals surface area (Å²) in [5.41, 5.74) is 2.29. The quantitative estimate of drug-likeness (QED) is 0.149. The fourth-order valence-electron chi connectivity index (χ4n) is 10.2. The molecule has 3 N–H and O–H groups in total. The molecule has 0 spiro atoms. The van der Waals surface area contributed by atoms with E-state index in [0.717, 1.165) is 81.2 Å². The van der Waals surface area contributed by atoms with Gasteiger partial charge >= 0.3 is 0 Å². The Hall–Kier alpha value is -5.85. The summed E-state index contributed by atoms with van der Waals surface area (Å²) in [7, 11) is 3.05. The van der Waals surface area contributed by atoms with E-state index in [0.29, 0.717) is 39.8 Å². The van der Waals surface area contributed by atoms with E-state index < -0.39 is 23.7 Å². The van der Waals surface area contributed by atoms with Crippen LogP contribution in [0.3, 0.4) is 0 Å². The largest absolute Gasteiger partial charge is 0.496 e. The highest BCUT2D eigenvalue weighted by Crippen LogP contribution is 2.44. The molecule has 4 aliphatic heterocycles. The molecule has 0 radical (unpaired) electrons. The number of carbonyl (C=O) groups is 4. The molecule has 66 heavy (non-hydrogen) atoms. The van der Waals surface area contributed by atoms with E-state index in [-0.39, 0.29) is 78.8 Å². The number of methoxy groups -OCH3 is 1. The first-order chi connectivity index (χ1) is 31.8. The molecule has 17 nitrogen and oxygen atoms in total. The Morgan fingerprint density at radius 3 is 2.45 bits per heavy atom. The Kier molecular flexibility index (Phi) is 12.9. The van der Waals surface area contributed by atoms with Gasteiger partial charge in [-0.05, 0) is 108 Å². The molecule has 4 fully saturated rings. The van der Waals surface area contributed by atoms with Crippen molar-refractivity contribution >= 4 is 63.6 Å². The van der Waals surface area contributed by atoms with Gasteiger partial charge in [-0.3, -0.25) is 29.3 Å². The lowest BCUT2D eigenvalue weighted by atomic mass is 9.82. The summed E-state index contributed by atoms with van der Waals surface area (Å²) in [5, 5.41) is 9.22. The zero-order chi connectivity index (χ0) is 46.4. The van der Waals surface area contributed by atoms with Crippen molar-refractivity contribution in [3.8, 4) is 11.5 Å². The number of hydrogen-bond donors (Lipinski definition) is 3. The van der Waals surface area contributed by atoms with Gasteiger partial charge in [0, 0.05) is 60.8 Å². The van der Waals surface area contributed by atoms with Crippen LogP contribution in [0.5, 0.6) is 11.5 Å². The number of likely N-dealkylation sites (N-methyl/N-ethyl adjacent to an activating group) is 1. The van der Waals surface area contributed by atoms with Crippen molar-refractivity contribution in [2.75, 3.05) is 57.2 Å². The molecular formula is C47H55ClFN9O8. The second-order valence-electron chi connectivity index (χ2n) is 18.1. The van der Waals surface area contributed by atoms with Crippen molar-refractivity contribution in [1.29, 1.82) is 0 Å². The number of halogens is 2. The second kappa shape index (κ2) is 18.8. The fourth-order valence-corrected chi connectivity index (χ4v) is 10.3. The maximum atomic E-state index is 15.7. The number of aromatic nitrogens is 3. The summed E-state index contributed by atoms with van der Waals surface area (Å²) >= 11 is 6.60. The van der Waals surface area contributed by atoms with Gasteiger partial charge in [0.2, 0.25) is 17.8 Å². The molecule has 6 heterocycles. The van der Waals surface area contributed by atoms with Crippen LogP contribution in [0.15, 0.2) is 41.3 Å². The molecule has 2 aromatic heterocycles. The molecule has 2 aromatic carbocycles. The summed E-state index contributed by atoms with van der Waals surface area (Å²) in [5.74, 6) is -0.721. The molecule has 350 valence electrons. The lowest BCUT2D eigenvalue weighted by Crippen LogP contribution is -2.52. The van der Waals surface area contributed by atoms with E-state index >= 15 is 4.39 Å². The average molecular weight is 928 g/mol. The third-order valence-corrected chi connectivity index (χ3v) is 14.0. The minimum atomic E-state index is -0.829. The van der Waals surface area contributed by atoms with Crippen LogP contribution in [-0.4, -0.2) is 119 Å². The molecule has 1 aliphatic carbocycles. The molecule has 9 rings (SSSR count). The highest BCUT2D eigenvalue weighted by molar-refractivity contribution is 6.33. The maximum Gasteiger partial charge on any atom is 0.293 e. The van der Waals surface area contributed by atoms with Gasteiger partial charge in [-0.2, -0.15) is 4.98 Å². The number of anilines is 3. The van der Waals surface area contributed by atoms with Gasteiger partial charge in [-0.25, -0.2) is 9.37 Å². The monoisotopic (exact) mass is 927 g/mol. The van der Waals surface area contributed by atoms with Crippen molar-refractivity contribution < 1.29 is 37.8 Å². The van der Waals surface area contributed by atoms with Gasteiger partial charge in [0.05, 0.1) is 43.1 Å². The number of rotatable bonds is 13. The lowest BCUT2D eigenvalue weighted by Gasteiger charge is -2.47. The van der Waals surface area contributed by atoms with Crippen molar-refractivity contribution in [2.45, 2.75) is 108 Å². The number of hydrogen-bond acceptors (Lipinski definition) is 13. The Morgan fingerprint density at radius 1 is 1.00 bits per heavy atom. The molecular weight excluding hydrogens is 873 g/mol. The molecule has 1 saturated carbocycles. The van der Waals surface area contributed by atoms with Crippen LogP contribution in [0.2, 0.25) is 5.02 Å². The van der Waals surface area contributed by atoms with Crippen molar-refractivity contribution in [3.05, 3.63) is 74.4 Å². The van der Waals surface area contributed by atoms with Crippen molar-refractivity contribution in [1.82, 2.24) is 35.0 Å². The molecule has 1 unspecified atom stereocenters. The Labute approximate surface area is 386 Å². The molecule has 4 aromatic rings. The standard InChI is InChI=1S/C47H55ClFN9O8/c1-25(2)58-36-6-5-28(17-27(36)18-38(45(58)62)65-24-40(60)50-3)52-43-34(48)22-51-47(54-43)56-15-11-30(12-16-56)66-31-19-29(20-31)55-13-9-26(10-14-55)32-21-35(49)41-33(42(32)64-4)23-57(46(41)63)37-7-8-39(59)53-44(37)61/h5-6,17-18,21-22,25-26,29-31,37H,7-16,19-20,23-24H2,1-4H3,(H,50,60)(H,51,52,54)(H,53,59,61)/t29-,31-,37?. The molecule has 4 amide bonds. The topological polar surface area (TPSA) is 190 Å². The first-order valence-electron chi connectivity index (χ1n) is 22.8. The second-order valence-corrected chi connectivity index (χ2v) is 18.5. The van der Waals surface area contributed by atoms with Gasteiger partial charge in [0.1, 0.15) is 22.6 Å². The SMILES string of the molecule is CNC(=O)COc1cc2cc(Nc3nc(N4CCC(O[C@H]5C[C@H](N6CCC(c7cc(F)c8c(c7OC)CN(C7CCC(=O)NC7=O)C8=O)CC6)C5)CC4)ncc3Cl)ccc2n(C(C)C)c1=O. The number of likely N-dealkylation sites (tertiary alicyclic amines) is 1. The van der Waals surface area contributed by atoms with E-state index in [2.05, 4.69) is 30.7 Å². The third-order valence-electron chi connectivity index (χ3n) is 13.8. The van der Waals surface area contributed by atoms with Crippen LogP contribution in [0.25, 0.3) is 10.9 Å². The minimum Gasteiger partial charge on any atom is -0.496 e. The Bertz CT molecular complexity index is 2620. The number of nitrogens with one attached hydrogen (secondary N) is 3. The number of pyridine rings is 1. The number of nitrogens with zero attached hydrogens (tertiary/aromatic N) is 6. The van der Waals surface area contributed by atoms with Gasteiger partial charge in [-0.15, -0.1) is 0 Å². The molecule has 3 saturated heterocycles. The van der Waals surface area contributed by atoms with Crippen molar-refractivity contribution in [2.24, 2.45) is 0 Å². The Balaban J connectivity index is 0.759. The first-order valence-corrected chi connectivity index (χ1v) is 23.2. The zero-order valence-electron chi connectivity index (χ0n) is 37.5. The predicted octanol–water partition coefficient (Wildman–Crippen LogP) is 5.20. The van der Waals surface area contributed by atoms with E-state index in [1.54, 1.807) is 16.8 Å². The highest BCUT2D eigenvalue weighted by atomic mass is 35.5. The van der Waals surface area contributed by atoms with Crippen LogP contribution >= 0.6 is 11.6 Å². The summed E-state index contributed by atoms with van der Waals surface area (Å²) in [6, 6.07) is 8.14. The normalized spacial score (nSPS) is 21.8. The maximum absolute atomic E-state index is 15.7. The summed E-state index contributed by atoms with van der Waals surface area (Å²) in [6.07, 6.45) is 7.50. The number of benzene rings is 2. The zero-order valence-corrected chi connectivity index (χ0v) is 38.3. The summed E-state index contributed by atoms with van der Waals surface area (Å²) in [4.78, 5) is 78.2. The number of amides is 4. The molecule has 5 aliphatic rings. The minimum absolute atomic E-state index is 0.0479. The Morgan fingerprint density at radius 2 is 1.76 bits per heavy atom. The number of carbonyl (C=O) groups excluding carboxylic acids is 4. The van der Waals surface area contributed by atoms with E-state index in [4.69, 9.17) is 30.8 Å². The number of fused-ring (bicyclic) bond motifs is 2. The van der Waals surface area contributed by atoms with Crippen LogP contribution in [0, 0.1) is 5.82 Å². The van der Waals surface area contributed by atoms with Crippen LogP contribution < -0.4 is 35.9 Å². The van der Waals surface area contributed by atoms with Gasteiger partial charge in [0.25, 0.3) is 17.4 Å². The van der Waals surface area contributed by atoms with Gasteiger partial charge < -0.3 is 44.1 Å². The van der Waals surface area contributed by atoms with E-state index in [1.165, 1.54) is 25.1 Å². The van der Waals surface area contributed by atoms with E-state index in [1.807, 2.05) is 32.0 Å². The molecule has 0 bridgehead atoms. The van der Waals surface area contributed by atoms with Gasteiger partial charge in [0.15, 0.2) is 18.2 Å². The van der Waals surface area contributed by atoms with Gasteiger partial charge in [-0.1, -0.05) is 11.6 Å². The van der Waals surface area contributed by atoms with Crippen LogP contribution in [0.4, 0.5) is 21.8 Å². The number of piperidine rings is 3.